The third-order valence-electron chi connectivity index (χ3n) is 3.51. The van der Waals surface area contributed by atoms with Crippen LogP contribution in [0.1, 0.15) is 11.1 Å². The predicted octanol–water partition coefficient (Wildman–Crippen LogP) is 5.10. The van der Waals surface area contributed by atoms with Crippen molar-refractivity contribution in [2.75, 3.05) is 5.32 Å². The van der Waals surface area contributed by atoms with Gasteiger partial charge in [0, 0.05) is 5.56 Å². The number of aromatic nitrogens is 1. The minimum atomic E-state index is -4.85. The van der Waals surface area contributed by atoms with Gasteiger partial charge in [-0.05, 0) is 36.4 Å². The molecule has 0 aliphatic rings. The zero-order chi connectivity index (χ0) is 19.1. The van der Waals surface area contributed by atoms with Gasteiger partial charge in [0.05, 0.1) is 11.3 Å². The standard InChI is InChI=1S/C16H8F6N2O2/c17-15(18,19)9-3-1-8(2-4-9)14-24-11-6-5-10(23-7-25)12(13(11)26-14)16(20,21)22/h1-7H,(H,23,25). The van der Waals surface area contributed by atoms with Crippen molar-refractivity contribution in [3.8, 4) is 11.5 Å². The van der Waals surface area contributed by atoms with Gasteiger partial charge in [-0.1, -0.05) is 0 Å². The molecular weight excluding hydrogens is 366 g/mol. The van der Waals surface area contributed by atoms with Gasteiger partial charge in [-0.2, -0.15) is 26.3 Å². The molecular formula is C16H8F6N2O2. The van der Waals surface area contributed by atoms with Crippen molar-refractivity contribution < 1.29 is 35.6 Å². The summed E-state index contributed by atoms with van der Waals surface area (Å²) >= 11 is 0. The molecule has 4 nitrogen and oxygen atoms in total. The number of anilines is 1. The molecule has 0 bridgehead atoms. The zero-order valence-electron chi connectivity index (χ0n) is 12.6. The Bertz CT molecular complexity index is 958. The lowest BCUT2D eigenvalue weighted by Gasteiger charge is -2.11. The largest absolute Gasteiger partial charge is 0.435 e. The molecule has 26 heavy (non-hydrogen) atoms. The fourth-order valence-corrected chi connectivity index (χ4v) is 2.38. The molecule has 0 fully saturated rings. The third kappa shape index (κ3) is 3.22. The van der Waals surface area contributed by atoms with Gasteiger partial charge in [-0.25, -0.2) is 4.98 Å². The molecule has 3 aromatic rings. The van der Waals surface area contributed by atoms with Crippen LogP contribution in [-0.2, 0) is 17.1 Å². The van der Waals surface area contributed by atoms with Crippen LogP contribution in [0.4, 0.5) is 32.0 Å². The summed E-state index contributed by atoms with van der Waals surface area (Å²) in [6.45, 7) is 0. The molecule has 3 rings (SSSR count). The Morgan fingerprint density at radius 1 is 0.923 bits per heavy atom. The smallest absolute Gasteiger partial charge is 0.422 e. The van der Waals surface area contributed by atoms with E-state index < -0.39 is 34.7 Å². The summed E-state index contributed by atoms with van der Waals surface area (Å²) in [6.07, 6.45) is -9.30. The number of fused-ring (bicyclic) bond motifs is 1. The highest BCUT2D eigenvalue weighted by molar-refractivity contribution is 5.88. The fourth-order valence-electron chi connectivity index (χ4n) is 2.38. The molecule has 0 unspecified atom stereocenters. The second-order valence-corrected chi connectivity index (χ2v) is 5.19. The molecule has 0 aliphatic heterocycles. The first kappa shape index (κ1) is 17.8. The summed E-state index contributed by atoms with van der Waals surface area (Å²) in [5.74, 6) is -0.275. The van der Waals surface area contributed by atoms with Gasteiger partial charge in [0.25, 0.3) is 0 Å². The number of carbonyl (C=O) groups excluding carboxylic acids is 1. The van der Waals surface area contributed by atoms with E-state index >= 15 is 0 Å². The van der Waals surface area contributed by atoms with E-state index in [1.165, 1.54) is 6.07 Å². The number of benzene rings is 2. The molecule has 1 N–H and O–H groups in total. The summed E-state index contributed by atoms with van der Waals surface area (Å²) in [4.78, 5) is 14.4. The minimum Gasteiger partial charge on any atom is -0.435 e. The normalized spacial score (nSPS) is 12.4. The number of nitrogens with one attached hydrogen (secondary N) is 1. The Hall–Kier alpha value is -3.04. The Morgan fingerprint density at radius 3 is 2.12 bits per heavy atom. The van der Waals surface area contributed by atoms with E-state index in [2.05, 4.69) is 4.98 Å². The number of rotatable bonds is 3. The average molecular weight is 374 g/mol. The molecule has 1 amide bonds. The van der Waals surface area contributed by atoms with Crippen molar-refractivity contribution >= 4 is 23.2 Å². The molecule has 1 heterocycles. The van der Waals surface area contributed by atoms with E-state index in [0.717, 1.165) is 30.3 Å². The number of hydrogen-bond acceptors (Lipinski definition) is 3. The quantitative estimate of drug-likeness (QED) is 0.513. The molecule has 0 saturated carbocycles. The Kier molecular flexibility index (Phi) is 4.13. The van der Waals surface area contributed by atoms with Crippen molar-refractivity contribution in [2.24, 2.45) is 0 Å². The molecule has 10 heteroatoms. The average Bonchev–Trinajstić information content (AvgIpc) is 2.97. The number of alkyl halides is 6. The first-order valence-electron chi connectivity index (χ1n) is 7.00. The van der Waals surface area contributed by atoms with Gasteiger partial charge in [-0.15, -0.1) is 0 Å². The highest BCUT2D eigenvalue weighted by atomic mass is 19.4. The van der Waals surface area contributed by atoms with Crippen molar-refractivity contribution in [3.05, 3.63) is 47.5 Å². The van der Waals surface area contributed by atoms with E-state index in [-0.39, 0.29) is 23.4 Å². The number of oxazole rings is 1. The van der Waals surface area contributed by atoms with Crippen LogP contribution in [0.5, 0.6) is 0 Å². The van der Waals surface area contributed by atoms with Crippen molar-refractivity contribution in [1.82, 2.24) is 4.98 Å². The first-order chi connectivity index (χ1) is 12.1. The Balaban J connectivity index is 2.13. The van der Waals surface area contributed by atoms with Crippen LogP contribution in [0.15, 0.2) is 40.8 Å². The van der Waals surface area contributed by atoms with E-state index in [1.54, 1.807) is 0 Å². The van der Waals surface area contributed by atoms with Crippen LogP contribution in [-0.4, -0.2) is 11.4 Å². The molecule has 2 aromatic carbocycles. The van der Waals surface area contributed by atoms with Crippen molar-refractivity contribution in [1.29, 1.82) is 0 Å². The van der Waals surface area contributed by atoms with Gasteiger partial charge in [0.15, 0.2) is 5.58 Å². The zero-order valence-corrected chi connectivity index (χ0v) is 12.6. The highest BCUT2D eigenvalue weighted by Crippen LogP contribution is 2.41. The monoisotopic (exact) mass is 374 g/mol. The summed E-state index contributed by atoms with van der Waals surface area (Å²) in [5.41, 5.74) is -3.36. The molecule has 0 spiro atoms. The van der Waals surface area contributed by atoms with Gasteiger partial charge in [-0.3, -0.25) is 4.79 Å². The molecule has 0 saturated heterocycles. The number of carbonyl (C=O) groups is 1. The van der Waals surface area contributed by atoms with Gasteiger partial charge in [0.2, 0.25) is 12.3 Å². The number of amides is 1. The second-order valence-electron chi connectivity index (χ2n) is 5.19. The third-order valence-corrected chi connectivity index (χ3v) is 3.51. The molecule has 136 valence electrons. The van der Waals surface area contributed by atoms with Crippen LogP contribution in [0.2, 0.25) is 0 Å². The lowest BCUT2D eigenvalue weighted by atomic mass is 10.1. The fraction of sp³-hybridized carbons (Fsp3) is 0.125. The summed E-state index contributed by atoms with van der Waals surface area (Å²) in [7, 11) is 0. The molecule has 1 aromatic heterocycles. The van der Waals surface area contributed by atoms with Crippen molar-refractivity contribution in [3.63, 3.8) is 0 Å². The van der Waals surface area contributed by atoms with E-state index in [1.807, 2.05) is 5.32 Å². The van der Waals surface area contributed by atoms with Crippen LogP contribution < -0.4 is 5.32 Å². The Labute approximate surface area is 141 Å². The van der Waals surface area contributed by atoms with Crippen LogP contribution in [0.25, 0.3) is 22.6 Å². The summed E-state index contributed by atoms with van der Waals surface area (Å²) < 4.78 is 82.9. The SMILES string of the molecule is O=CNc1ccc2nc(-c3ccc(C(F)(F)F)cc3)oc2c1C(F)(F)F. The number of nitrogens with zero attached hydrogens (tertiary/aromatic N) is 1. The lowest BCUT2D eigenvalue weighted by molar-refractivity contribution is -0.138. The van der Waals surface area contributed by atoms with Crippen LogP contribution in [0, 0.1) is 0 Å². The molecule has 0 atom stereocenters. The molecule has 0 radical (unpaired) electrons. The minimum absolute atomic E-state index is 0.0761. The second kappa shape index (κ2) is 6.04. The number of halogens is 6. The number of hydrogen-bond donors (Lipinski definition) is 1. The maximum absolute atomic E-state index is 13.3. The topological polar surface area (TPSA) is 55.1 Å². The maximum Gasteiger partial charge on any atom is 0.422 e. The van der Waals surface area contributed by atoms with Gasteiger partial charge < -0.3 is 9.73 Å². The lowest BCUT2D eigenvalue weighted by Crippen LogP contribution is -2.10. The van der Waals surface area contributed by atoms with Crippen LogP contribution >= 0.6 is 0 Å². The van der Waals surface area contributed by atoms with Gasteiger partial charge in [0.1, 0.15) is 11.1 Å². The van der Waals surface area contributed by atoms with Crippen molar-refractivity contribution in [2.45, 2.75) is 12.4 Å². The maximum atomic E-state index is 13.3. The van der Waals surface area contributed by atoms with Crippen LogP contribution in [0.3, 0.4) is 0 Å². The van der Waals surface area contributed by atoms with Gasteiger partial charge >= 0.3 is 12.4 Å². The predicted molar refractivity (Wildman–Crippen MR) is 79.1 cm³/mol. The Morgan fingerprint density at radius 2 is 1.58 bits per heavy atom. The highest BCUT2D eigenvalue weighted by Gasteiger charge is 2.38. The van der Waals surface area contributed by atoms with E-state index in [4.69, 9.17) is 4.42 Å². The van der Waals surface area contributed by atoms with E-state index in [9.17, 15) is 31.1 Å². The molecule has 0 aliphatic carbocycles. The summed E-state index contributed by atoms with van der Waals surface area (Å²) in [6, 6.07) is 5.85. The van der Waals surface area contributed by atoms with E-state index in [0.29, 0.717) is 0 Å². The summed E-state index contributed by atoms with van der Waals surface area (Å²) in [5, 5.41) is 1.93. The first-order valence-corrected chi connectivity index (χ1v) is 7.00.